The zero-order chi connectivity index (χ0) is 7.44. The van der Waals surface area contributed by atoms with Gasteiger partial charge < -0.3 is 10.8 Å². The van der Waals surface area contributed by atoms with E-state index in [1.165, 1.54) is 0 Å². The fraction of sp³-hybridized carbons (Fsp3) is 0.833. The van der Waals surface area contributed by atoms with Gasteiger partial charge in [0.1, 0.15) is 6.04 Å². The maximum atomic E-state index is 10.1. The summed E-state index contributed by atoms with van der Waals surface area (Å²) < 4.78 is 0. The Hall–Kier alpha value is 0.170. The second-order valence-electron chi connectivity index (χ2n) is 2.57. The van der Waals surface area contributed by atoms with Gasteiger partial charge in [-0.3, -0.25) is 4.79 Å². The molecule has 0 aliphatic heterocycles. The molecule has 0 aliphatic rings. The Morgan fingerprint density at radius 1 is 1.60 bits per heavy atom. The standard InChI is InChI=1S/C6H13NO2.Ag/c1-4(2)3-5(7)6(8)9;/h4-5H,3,7H2,1-2H3,(H,8,9);/q;+1. The van der Waals surface area contributed by atoms with Crippen LogP contribution in [-0.4, -0.2) is 17.1 Å². The van der Waals surface area contributed by atoms with E-state index < -0.39 is 12.0 Å². The van der Waals surface area contributed by atoms with Crippen molar-refractivity contribution in [3.63, 3.8) is 0 Å². The molecule has 1 atom stereocenters. The van der Waals surface area contributed by atoms with E-state index >= 15 is 0 Å². The van der Waals surface area contributed by atoms with Gasteiger partial charge in [-0.05, 0) is 12.3 Å². The summed E-state index contributed by atoms with van der Waals surface area (Å²) in [6.07, 6.45) is 0.551. The molecule has 0 aromatic carbocycles. The Bertz CT molecular complexity index is 106. The summed E-state index contributed by atoms with van der Waals surface area (Å²) in [7, 11) is 0. The predicted octanol–water partition coefficient (Wildman–Crippen LogP) is 0.442. The molecule has 0 radical (unpaired) electrons. The van der Waals surface area contributed by atoms with E-state index in [-0.39, 0.29) is 22.4 Å². The maximum absolute atomic E-state index is 10.1. The van der Waals surface area contributed by atoms with E-state index in [0.29, 0.717) is 12.3 Å². The number of carboxylic acid groups (broad SMARTS) is 1. The van der Waals surface area contributed by atoms with Crippen molar-refractivity contribution in [2.45, 2.75) is 26.3 Å². The molecule has 0 spiro atoms. The molecule has 4 heteroatoms. The van der Waals surface area contributed by atoms with Crippen LogP contribution in [0.5, 0.6) is 0 Å². The topological polar surface area (TPSA) is 63.3 Å². The van der Waals surface area contributed by atoms with Gasteiger partial charge in [0.15, 0.2) is 0 Å². The number of aliphatic carboxylic acids is 1. The van der Waals surface area contributed by atoms with Crippen molar-refractivity contribution in [3.8, 4) is 0 Å². The van der Waals surface area contributed by atoms with Crippen LogP contribution >= 0.6 is 0 Å². The molecule has 64 valence electrons. The first-order valence-electron chi connectivity index (χ1n) is 3.02. The number of nitrogens with two attached hydrogens (primary N) is 1. The van der Waals surface area contributed by atoms with Crippen molar-refractivity contribution in [2.24, 2.45) is 11.7 Å². The average Bonchev–Trinajstić information content (AvgIpc) is 1.63. The van der Waals surface area contributed by atoms with Crippen LogP contribution in [0.15, 0.2) is 0 Å². The van der Waals surface area contributed by atoms with Crippen LogP contribution in [0.3, 0.4) is 0 Å². The summed E-state index contributed by atoms with van der Waals surface area (Å²) in [6, 6.07) is -0.690. The molecule has 0 saturated carbocycles. The summed E-state index contributed by atoms with van der Waals surface area (Å²) >= 11 is 0. The maximum Gasteiger partial charge on any atom is 1.00 e. The summed E-state index contributed by atoms with van der Waals surface area (Å²) in [5.41, 5.74) is 5.22. The summed E-state index contributed by atoms with van der Waals surface area (Å²) in [4.78, 5) is 10.1. The molecule has 0 aliphatic carbocycles. The van der Waals surface area contributed by atoms with Crippen LogP contribution in [0.2, 0.25) is 0 Å². The van der Waals surface area contributed by atoms with E-state index in [9.17, 15) is 4.79 Å². The van der Waals surface area contributed by atoms with Crippen LogP contribution in [-0.2, 0) is 27.2 Å². The second kappa shape index (κ2) is 5.92. The van der Waals surface area contributed by atoms with E-state index in [0.717, 1.165) is 0 Å². The van der Waals surface area contributed by atoms with Crippen molar-refractivity contribution in [1.29, 1.82) is 0 Å². The monoisotopic (exact) mass is 238 g/mol. The Morgan fingerprint density at radius 3 is 2.10 bits per heavy atom. The second-order valence-corrected chi connectivity index (χ2v) is 2.57. The fourth-order valence-electron chi connectivity index (χ4n) is 0.609. The van der Waals surface area contributed by atoms with E-state index in [1.807, 2.05) is 13.8 Å². The molecule has 0 rings (SSSR count). The molecule has 0 bridgehead atoms. The van der Waals surface area contributed by atoms with E-state index in [4.69, 9.17) is 10.8 Å². The van der Waals surface area contributed by atoms with Crippen molar-refractivity contribution < 1.29 is 32.3 Å². The first-order valence-corrected chi connectivity index (χ1v) is 3.02. The molecule has 1 unspecified atom stereocenters. The van der Waals surface area contributed by atoms with Crippen molar-refractivity contribution in [2.75, 3.05) is 0 Å². The van der Waals surface area contributed by atoms with Crippen LogP contribution < -0.4 is 5.73 Å². The Kier molecular flexibility index (Phi) is 7.58. The first kappa shape index (κ1) is 12.8. The van der Waals surface area contributed by atoms with Gasteiger partial charge in [-0.1, -0.05) is 13.8 Å². The molecule has 0 aromatic rings. The largest absolute Gasteiger partial charge is 1.00 e. The minimum Gasteiger partial charge on any atom is -0.480 e. The zero-order valence-electron chi connectivity index (χ0n) is 6.10. The first-order chi connectivity index (χ1) is 4.04. The zero-order valence-corrected chi connectivity index (χ0v) is 7.58. The molecule has 3 N–H and O–H groups in total. The molecule has 0 saturated heterocycles. The van der Waals surface area contributed by atoms with Gasteiger partial charge in [0.25, 0.3) is 0 Å². The average molecular weight is 239 g/mol. The molecule has 3 nitrogen and oxygen atoms in total. The molecule has 0 heterocycles. The number of hydrogen-bond acceptors (Lipinski definition) is 2. The number of rotatable bonds is 3. The van der Waals surface area contributed by atoms with Gasteiger partial charge >= 0.3 is 28.3 Å². The van der Waals surface area contributed by atoms with E-state index in [1.54, 1.807) is 0 Å². The molecule has 10 heavy (non-hydrogen) atoms. The van der Waals surface area contributed by atoms with Crippen molar-refractivity contribution in [3.05, 3.63) is 0 Å². The number of carbonyl (C=O) groups is 1. The van der Waals surface area contributed by atoms with Gasteiger partial charge in [-0.2, -0.15) is 0 Å². The van der Waals surface area contributed by atoms with Gasteiger partial charge in [0.2, 0.25) is 0 Å². The van der Waals surface area contributed by atoms with Crippen LogP contribution in [0, 0.1) is 5.92 Å². The normalized spacial score (nSPS) is 12.4. The van der Waals surface area contributed by atoms with Crippen LogP contribution in [0.1, 0.15) is 20.3 Å². The number of hydrogen-bond donors (Lipinski definition) is 2. The van der Waals surface area contributed by atoms with Gasteiger partial charge in [-0.15, -0.1) is 0 Å². The third-order valence-electron chi connectivity index (χ3n) is 1.04. The predicted molar refractivity (Wildman–Crippen MR) is 35.1 cm³/mol. The Morgan fingerprint density at radius 2 is 2.00 bits per heavy atom. The fourth-order valence-corrected chi connectivity index (χ4v) is 0.609. The van der Waals surface area contributed by atoms with Crippen LogP contribution in [0.25, 0.3) is 0 Å². The summed E-state index contributed by atoms with van der Waals surface area (Å²) in [5.74, 6) is -0.556. The summed E-state index contributed by atoms with van der Waals surface area (Å²) in [5, 5.41) is 8.31. The smallest absolute Gasteiger partial charge is 0.480 e. The third-order valence-corrected chi connectivity index (χ3v) is 1.04. The Labute approximate surface area is 76.5 Å². The minimum atomic E-state index is -0.913. The third kappa shape index (κ3) is 6.29. The molecule has 0 fully saturated rings. The molecule has 0 aromatic heterocycles. The Balaban J connectivity index is 0. The van der Waals surface area contributed by atoms with Gasteiger partial charge in [0, 0.05) is 0 Å². The summed E-state index contributed by atoms with van der Waals surface area (Å²) in [6.45, 7) is 3.89. The van der Waals surface area contributed by atoms with Crippen LogP contribution in [0.4, 0.5) is 0 Å². The van der Waals surface area contributed by atoms with E-state index in [2.05, 4.69) is 0 Å². The van der Waals surface area contributed by atoms with Crippen molar-refractivity contribution >= 4 is 5.97 Å². The molecular weight excluding hydrogens is 226 g/mol. The number of carboxylic acids is 1. The SMILES string of the molecule is CC(C)CC(N)C(=O)O.[Ag+]. The van der Waals surface area contributed by atoms with Gasteiger partial charge in [0.05, 0.1) is 0 Å². The van der Waals surface area contributed by atoms with Gasteiger partial charge in [-0.25, -0.2) is 0 Å². The van der Waals surface area contributed by atoms with Crippen molar-refractivity contribution in [1.82, 2.24) is 0 Å². The molecular formula is C6H13AgNO2+. The quantitative estimate of drug-likeness (QED) is 0.702. The minimum absolute atomic E-state index is 0. The molecule has 0 amide bonds.